The summed E-state index contributed by atoms with van der Waals surface area (Å²) in [7, 11) is 0. The number of aldehydes is 1. The first-order chi connectivity index (χ1) is 3.95. The molecule has 0 aromatic rings. The van der Waals surface area contributed by atoms with Crippen LogP contribution >= 0.6 is 0 Å². The number of rotatable bonds is 2. The third-order valence-electron chi connectivity index (χ3n) is 0.767. The Morgan fingerprint density at radius 1 is 1.56 bits per heavy atom. The molecule has 0 fully saturated rings. The molecular weight excluding hydrogens is 116 g/mol. The molecule has 0 spiro atoms. The molecule has 0 saturated heterocycles. The Bertz CT molecular complexity index is 128. The zero-order valence-electron chi connectivity index (χ0n) is 6.01. The minimum absolute atomic E-state index is 0.558. The Morgan fingerprint density at radius 3 is 2.11 bits per heavy atom. The molecule has 0 rings (SSSR count). The van der Waals surface area contributed by atoms with Crippen LogP contribution in [-0.2, 0) is 4.79 Å². The first kappa shape index (κ1) is 8.37. The van der Waals surface area contributed by atoms with E-state index in [1.807, 2.05) is 0 Å². The van der Waals surface area contributed by atoms with Crippen molar-refractivity contribution in [3.63, 3.8) is 0 Å². The predicted molar refractivity (Wildman–Crippen MR) is 36.1 cm³/mol. The van der Waals surface area contributed by atoms with Crippen molar-refractivity contribution in [1.29, 1.82) is 0 Å². The van der Waals surface area contributed by atoms with Gasteiger partial charge in [-0.05, 0) is 32.4 Å². The van der Waals surface area contributed by atoms with Gasteiger partial charge in [-0.15, -0.1) is 0 Å². The summed E-state index contributed by atoms with van der Waals surface area (Å²) in [4.78, 5) is 10.0. The van der Waals surface area contributed by atoms with E-state index in [0.717, 1.165) is 6.29 Å². The Morgan fingerprint density at radius 2 is 2.00 bits per heavy atom. The van der Waals surface area contributed by atoms with Crippen LogP contribution in [0.4, 0.5) is 0 Å². The lowest BCUT2D eigenvalue weighted by molar-refractivity contribution is -0.105. The summed E-state index contributed by atoms with van der Waals surface area (Å²) in [6.45, 7) is 4.91. The van der Waals surface area contributed by atoms with Gasteiger partial charge in [0.05, 0.1) is 5.60 Å². The summed E-state index contributed by atoms with van der Waals surface area (Å²) < 4.78 is 0. The van der Waals surface area contributed by atoms with E-state index in [4.69, 9.17) is 5.11 Å². The van der Waals surface area contributed by atoms with E-state index >= 15 is 0 Å². The van der Waals surface area contributed by atoms with Crippen molar-refractivity contribution in [3.8, 4) is 0 Å². The number of hydrogen-bond donors (Lipinski definition) is 1. The van der Waals surface area contributed by atoms with Crippen molar-refractivity contribution in [2.24, 2.45) is 0 Å². The highest BCUT2D eigenvalue weighted by Crippen LogP contribution is 2.04. The zero-order chi connectivity index (χ0) is 7.49. The van der Waals surface area contributed by atoms with Gasteiger partial charge in [0, 0.05) is 0 Å². The monoisotopic (exact) mass is 128 g/mol. The van der Waals surface area contributed by atoms with Crippen molar-refractivity contribution >= 4 is 6.29 Å². The highest BCUT2D eigenvalue weighted by Gasteiger charge is 2.06. The second-order valence-corrected chi connectivity index (χ2v) is 2.66. The fourth-order valence-corrected chi connectivity index (χ4v) is 0.591. The van der Waals surface area contributed by atoms with Crippen molar-refractivity contribution in [2.75, 3.05) is 0 Å². The summed E-state index contributed by atoms with van der Waals surface area (Å²) in [6, 6.07) is 0. The van der Waals surface area contributed by atoms with Crippen molar-refractivity contribution in [1.82, 2.24) is 0 Å². The van der Waals surface area contributed by atoms with Crippen LogP contribution in [0.25, 0.3) is 0 Å². The molecule has 1 N–H and O–H groups in total. The van der Waals surface area contributed by atoms with Crippen LogP contribution in [0.3, 0.4) is 0 Å². The molecule has 0 heterocycles. The van der Waals surface area contributed by atoms with E-state index in [9.17, 15) is 4.79 Å². The molecule has 0 aliphatic heterocycles. The van der Waals surface area contributed by atoms with Gasteiger partial charge in [0.25, 0.3) is 0 Å². The van der Waals surface area contributed by atoms with Crippen LogP contribution in [0.1, 0.15) is 20.8 Å². The largest absolute Gasteiger partial charge is 0.386 e. The maximum absolute atomic E-state index is 10.0. The molecule has 2 nitrogen and oxygen atoms in total. The van der Waals surface area contributed by atoms with Gasteiger partial charge in [0.2, 0.25) is 0 Å². The Kier molecular flexibility index (Phi) is 2.59. The number of allylic oxidation sites excluding steroid dienone is 1. The molecule has 52 valence electrons. The minimum Gasteiger partial charge on any atom is -0.386 e. The van der Waals surface area contributed by atoms with Crippen LogP contribution in [0.2, 0.25) is 0 Å². The van der Waals surface area contributed by atoms with Gasteiger partial charge in [0.1, 0.15) is 6.29 Å². The topological polar surface area (TPSA) is 37.3 Å². The van der Waals surface area contributed by atoms with Gasteiger partial charge >= 0.3 is 0 Å². The summed E-state index contributed by atoms with van der Waals surface area (Å²) in [5.74, 6) is 0. The molecule has 0 aromatic carbocycles. The molecule has 0 unspecified atom stereocenters. The van der Waals surface area contributed by atoms with Crippen molar-refractivity contribution in [2.45, 2.75) is 26.4 Å². The molecule has 9 heavy (non-hydrogen) atoms. The quantitative estimate of drug-likeness (QED) is 0.443. The summed E-state index contributed by atoms with van der Waals surface area (Å²) in [5.41, 5.74) is -0.312. The van der Waals surface area contributed by atoms with Crippen LogP contribution in [0.5, 0.6) is 0 Å². The summed E-state index contributed by atoms with van der Waals surface area (Å²) in [6.07, 6.45) is 2.23. The average Bonchev–Trinajstić information content (AvgIpc) is 1.62. The van der Waals surface area contributed by atoms with Gasteiger partial charge in [-0.25, -0.2) is 0 Å². The Balaban J connectivity index is 4.11. The lowest BCUT2D eigenvalue weighted by Crippen LogP contribution is -2.14. The molecule has 0 amide bonds. The highest BCUT2D eigenvalue weighted by molar-refractivity contribution is 5.72. The second-order valence-electron chi connectivity index (χ2n) is 2.66. The van der Waals surface area contributed by atoms with E-state index in [2.05, 4.69) is 0 Å². The Hall–Kier alpha value is -0.630. The van der Waals surface area contributed by atoms with E-state index in [1.54, 1.807) is 20.8 Å². The first-order valence-corrected chi connectivity index (χ1v) is 2.83. The number of hydrogen-bond acceptors (Lipinski definition) is 2. The van der Waals surface area contributed by atoms with Crippen LogP contribution in [0, 0.1) is 0 Å². The molecule has 0 bridgehead atoms. The average molecular weight is 128 g/mol. The standard InChI is InChI=1S/C7H12O2/c1-6(5-8)4-7(2,3)9/h4-5,9H,1-3H3. The van der Waals surface area contributed by atoms with Gasteiger partial charge in [-0.2, -0.15) is 0 Å². The molecule has 2 heteroatoms. The maximum atomic E-state index is 10.0. The smallest absolute Gasteiger partial charge is 0.145 e. The third kappa shape index (κ3) is 5.24. The zero-order valence-corrected chi connectivity index (χ0v) is 6.01. The Labute approximate surface area is 55.2 Å². The van der Waals surface area contributed by atoms with E-state index in [0.29, 0.717) is 5.57 Å². The summed E-state index contributed by atoms with van der Waals surface area (Å²) in [5, 5.41) is 9.08. The van der Waals surface area contributed by atoms with Gasteiger partial charge in [-0.3, -0.25) is 4.79 Å². The fourth-order valence-electron chi connectivity index (χ4n) is 0.591. The highest BCUT2D eigenvalue weighted by atomic mass is 16.3. The van der Waals surface area contributed by atoms with E-state index in [1.165, 1.54) is 6.08 Å². The van der Waals surface area contributed by atoms with Crippen LogP contribution < -0.4 is 0 Å². The molecule has 0 aromatic heterocycles. The van der Waals surface area contributed by atoms with Crippen LogP contribution in [0.15, 0.2) is 11.6 Å². The number of carbonyl (C=O) groups excluding carboxylic acids is 1. The number of aliphatic hydroxyl groups is 1. The third-order valence-corrected chi connectivity index (χ3v) is 0.767. The lowest BCUT2D eigenvalue weighted by Gasteiger charge is -2.10. The van der Waals surface area contributed by atoms with Gasteiger partial charge < -0.3 is 5.11 Å². The molecule has 0 radical (unpaired) electrons. The molecule has 0 aliphatic carbocycles. The normalized spacial score (nSPS) is 13.6. The minimum atomic E-state index is -0.870. The SMILES string of the molecule is CC(C=O)=CC(C)(C)O. The van der Waals surface area contributed by atoms with Crippen molar-refractivity contribution in [3.05, 3.63) is 11.6 Å². The predicted octanol–water partition coefficient (Wildman–Crippen LogP) is 0.903. The summed E-state index contributed by atoms with van der Waals surface area (Å²) >= 11 is 0. The van der Waals surface area contributed by atoms with E-state index in [-0.39, 0.29) is 0 Å². The fraction of sp³-hybridized carbons (Fsp3) is 0.571. The van der Waals surface area contributed by atoms with Crippen LogP contribution in [-0.4, -0.2) is 17.0 Å². The lowest BCUT2D eigenvalue weighted by atomic mass is 10.1. The van der Waals surface area contributed by atoms with E-state index < -0.39 is 5.60 Å². The molecular formula is C7H12O2. The van der Waals surface area contributed by atoms with Gasteiger partial charge in [-0.1, -0.05) is 0 Å². The first-order valence-electron chi connectivity index (χ1n) is 2.83. The molecule has 0 saturated carbocycles. The van der Waals surface area contributed by atoms with Crippen molar-refractivity contribution < 1.29 is 9.90 Å². The maximum Gasteiger partial charge on any atom is 0.145 e. The second kappa shape index (κ2) is 2.78. The molecule has 0 aliphatic rings. The van der Waals surface area contributed by atoms with Gasteiger partial charge in [0.15, 0.2) is 0 Å². The number of carbonyl (C=O) groups is 1. The molecule has 0 atom stereocenters.